The van der Waals surface area contributed by atoms with Gasteiger partial charge >= 0.3 is 6.55 Å². The van der Waals surface area contributed by atoms with Gasteiger partial charge in [-0.1, -0.05) is 0 Å². The lowest BCUT2D eigenvalue weighted by molar-refractivity contribution is 0.0608. The molecule has 0 atom stereocenters. The van der Waals surface area contributed by atoms with Crippen LogP contribution in [-0.4, -0.2) is 24.7 Å². The molecule has 102 valence electrons. The van der Waals surface area contributed by atoms with Gasteiger partial charge in [-0.05, 0) is 0 Å². The highest BCUT2D eigenvalue weighted by atomic mass is 19.3. The zero-order valence-electron chi connectivity index (χ0n) is 9.63. The Balaban J connectivity index is 2.11. The number of pyridine rings is 1. The van der Waals surface area contributed by atoms with Crippen LogP contribution in [0.1, 0.15) is 6.55 Å². The predicted molar refractivity (Wildman–Crippen MR) is 59.7 cm³/mol. The number of hydrogen-bond donors (Lipinski definition) is 0. The van der Waals surface area contributed by atoms with Gasteiger partial charge in [-0.15, -0.1) is 0 Å². The Morgan fingerprint density at radius 2 is 1.75 bits per heavy atom. The van der Waals surface area contributed by atoms with Crippen molar-refractivity contribution in [2.45, 2.75) is 6.55 Å². The Labute approximate surface area is 108 Å². The maximum Gasteiger partial charge on any atom is 0.335 e. The van der Waals surface area contributed by atoms with E-state index in [4.69, 9.17) is 0 Å². The molecule has 0 aliphatic heterocycles. The van der Waals surface area contributed by atoms with Gasteiger partial charge in [-0.2, -0.15) is 18.6 Å². The molecule has 0 aliphatic carbocycles. The number of nitrogens with zero attached hydrogens (tertiary/aromatic N) is 5. The lowest BCUT2D eigenvalue weighted by Gasteiger charge is -2.02. The molecule has 0 fully saturated rings. The zero-order chi connectivity index (χ0) is 14.3. The van der Waals surface area contributed by atoms with E-state index in [2.05, 4.69) is 20.1 Å². The van der Waals surface area contributed by atoms with Crippen molar-refractivity contribution in [2.75, 3.05) is 0 Å². The van der Waals surface area contributed by atoms with Crippen LogP contribution in [0, 0.1) is 11.6 Å². The summed E-state index contributed by atoms with van der Waals surface area (Å²) < 4.78 is 51.5. The summed E-state index contributed by atoms with van der Waals surface area (Å²) in [7, 11) is 0. The number of aromatic nitrogens is 5. The third kappa shape index (κ3) is 1.96. The summed E-state index contributed by atoms with van der Waals surface area (Å²) in [5.74, 6) is -2.17. The van der Waals surface area contributed by atoms with E-state index in [1.54, 1.807) is 0 Å². The SMILES string of the molecule is Fc1cnc(-c2cnc3c(cnn3C(F)F)n2)cc1F. The van der Waals surface area contributed by atoms with E-state index in [-0.39, 0.29) is 22.6 Å². The van der Waals surface area contributed by atoms with E-state index in [0.717, 1.165) is 18.5 Å². The molecule has 0 bridgehead atoms. The Morgan fingerprint density at radius 1 is 0.950 bits per heavy atom. The topological polar surface area (TPSA) is 56.5 Å². The van der Waals surface area contributed by atoms with Crippen LogP contribution in [0.2, 0.25) is 0 Å². The van der Waals surface area contributed by atoms with Crippen LogP contribution in [0.15, 0.2) is 24.7 Å². The summed E-state index contributed by atoms with van der Waals surface area (Å²) in [6.45, 7) is -2.84. The summed E-state index contributed by atoms with van der Waals surface area (Å²) in [5.41, 5.74) is 0.175. The summed E-state index contributed by atoms with van der Waals surface area (Å²) in [5, 5.41) is 3.45. The molecule has 3 aromatic rings. The number of hydrogen-bond acceptors (Lipinski definition) is 4. The Hall–Kier alpha value is -2.58. The molecule has 0 spiro atoms. The molecule has 0 saturated carbocycles. The highest BCUT2D eigenvalue weighted by Crippen LogP contribution is 2.21. The minimum Gasteiger partial charge on any atom is -0.251 e. The molecule has 0 amide bonds. The first kappa shape index (κ1) is 12.5. The van der Waals surface area contributed by atoms with Crippen molar-refractivity contribution in [2.24, 2.45) is 0 Å². The van der Waals surface area contributed by atoms with Crippen LogP contribution < -0.4 is 0 Å². The first-order chi connectivity index (χ1) is 9.56. The van der Waals surface area contributed by atoms with E-state index in [1.807, 2.05) is 0 Å². The highest BCUT2D eigenvalue weighted by Gasteiger charge is 2.15. The van der Waals surface area contributed by atoms with Crippen LogP contribution in [-0.2, 0) is 0 Å². The van der Waals surface area contributed by atoms with Gasteiger partial charge in [0.25, 0.3) is 0 Å². The van der Waals surface area contributed by atoms with Crippen LogP contribution in [0.3, 0.4) is 0 Å². The molecule has 20 heavy (non-hydrogen) atoms. The molecule has 3 heterocycles. The lowest BCUT2D eigenvalue weighted by atomic mass is 10.2. The normalized spacial score (nSPS) is 11.4. The van der Waals surface area contributed by atoms with Crippen LogP contribution in [0.5, 0.6) is 0 Å². The predicted octanol–water partition coefficient (Wildman–Crippen LogP) is 2.56. The zero-order valence-corrected chi connectivity index (χ0v) is 9.63. The number of fused-ring (bicyclic) bond motifs is 1. The third-order valence-electron chi connectivity index (χ3n) is 2.56. The van der Waals surface area contributed by atoms with Gasteiger partial charge in [-0.25, -0.2) is 18.7 Å². The van der Waals surface area contributed by atoms with E-state index in [9.17, 15) is 17.6 Å². The second-order valence-electron chi connectivity index (χ2n) is 3.81. The Morgan fingerprint density at radius 3 is 2.45 bits per heavy atom. The second-order valence-corrected chi connectivity index (χ2v) is 3.81. The quantitative estimate of drug-likeness (QED) is 0.678. The standard InChI is InChI=1S/C11H5F4N5/c12-5-1-7(16-2-6(5)13)8-3-17-10-9(19-8)4-18-20(10)11(14)15/h1-4,11H. The molecule has 5 nitrogen and oxygen atoms in total. The summed E-state index contributed by atoms with van der Waals surface area (Å²) in [6, 6.07) is 0.850. The van der Waals surface area contributed by atoms with Crippen molar-refractivity contribution >= 4 is 11.2 Å². The number of rotatable bonds is 2. The van der Waals surface area contributed by atoms with E-state index in [1.165, 1.54) is 0 Å². The number of alkyl halides is 2. The van der Waals surface area contributed by atoms with Gasteiger partial charge < -0.3 is 0 Å². The van der Waals surface area contributed by atoms with Gasteiger partial charge in [0.1, 0.15) is 11.2 Å². The van der Waals surface area contributed by atoms with Crippen molar-refractivity contribution in [3.05, 3.63) is 36.3 Å². The first-order valence-corrected chi connectivity index (χ1v) is 5.36. The monoisotopic (exact) mass is 283 g/mol. The fourth-order valence-electron chi connectivity index (χ4n) is 1.65. The minimum atomic E-state index is -2.84. The molecular formula is C11H5F4N5. The van der Waals surface area contributed by atoms with Gasteiger partial charge in [0.15, 0.2) is 17.3 Å². The first-order valence-electron chi connectivity index (χ1n) is 5.36. The lowest BCUT2D eigenvalue weighted by Crippen LogP contribution is -2.01. The maximum atomic E-state index is 13.1. The Bertz CT molecular complexity index is 786. The molecule has 0 aliphatic rings. The van der Waals surface area contributed by atoms with Crippen molar-refractivity contribution < 1.29 is 17.6 Å². The molecule has 0 aromatic carbocycles. The van der Waals surface area contributed by atoms with Crippen LogP contribution in [0.25, 0.3) is 22.6 Å². The second kappa shape index (κ2) is 4.51. The molecule has 0 unspecified atom stereocenters. The molecule has 0 N–H and O–H groups in total. The van der Waals surface area contributed by atoms with Crippen molar-refractivity contribution in [1.82, 2.24) is 24.7 Å². The fraction of sp³-hybridized carbons (Fsp3) is 0.0909. The van der Waals surface area contributed by atoms with Crippen LogP contribution >= 0.6 is 0 Å². The smallest absolute Gasteiger partial charge is 0.251 e. The van der Waals surface area contributed by atoms with Crippen molar-refractivity contribution in [1.29, 1.82) is 0 Å². The molecule has 3 aromatic heterocycles. The summed E-state index contributed by atoms with van der Waals surface area (Å²) >= 11 is 0. The molecule has 0 saturated heterocycles. The van der Waals surface area contributed by atoms with Crippen LogP contribution in [0.4, 0.5) is 17.6 Å². The van der Waals surface area contributed by atoms with Gasteiger partial charge in [-0.3, -0.25) is 4.98 Å². The van der Waals surface area contributed by atoms with Gasteiger partial charge in [0.2, 0.25) is 0 Å². The summed E-state index contributed by atoms with van der Waals surface area (Å²) in [6.07, 6.45) is 2.96. The number of halogens is 4. The largest absolute Gasteiger partial charge is 0.335 e. The molecular weight excluding hydrogens is 278 g/mol. The van der Waals surface area contributed by atoms with E-state index in [0.29, 0.717) is 10.9 Å². The van der Waals surface area contributed by atoms with Gasteiger partial charge in [0.05, 0.1) is 24.3 Å². The minimum absolute atomic E-state index is 0.0445. The third-order valence-corrected chi connectivity index (χ3v) is 2.56. The Kier molecular flexibility index (Phi) is 2.81. The summed E-state index contributed by atoms with van der Waals surface area (Å²) in [4.78, 5) is 11.4. The molecule has 0 radical (unpaired) electrons. The fourth-order valence-corrected chi connectivity index (χ4v) is 1.65. The average molecular weight is 283 g/mol. The molecule has 3 rings (SSSR count). The highest BCUT2D eigenvalue weighted by molar-refractivity contribution is 5.72. The van der Waals surface area contributed by atoms with Crippen molar-refractivity contribution in [3.63, 3.8) is 0 Å². The maximum absolute atomic E-state index is 13.1. The van der Waals surface area contributed by atoms with E-state index < -0.39 is 18.2 Å². The van der Waals surface area contributed by atoms with E-state index >= 15 is 0 Å². The van der Waals surface area contributed by atoms with Gasteiger partial charge in [0, 0.05) is 6.07 Å². The van der Waals surface area contributed by atoms with Crippen molar-refractivity contribution in [3.8, 4) is 11.4 Å². The average Bonchev–Trinajstić information content (AvgIpc) is 2.85. The molecule has 9 heteroatoms.